The average Bonchev–Trinajstić information content (AvgIpc) is 2.90. The van der Waals surface area contributed by atoms with Gasteiger partial charge >= 0.3 is 0 Å². The van der Waals surface area contributed by atoms with Gasteiger partial charge in [0, 0.05) is 0 Å². The lowest BCUT2D eigenvalue weighted by atomic mass is 10.1. The lowest BCUT2D eigenvalue weighted by Crippen LogP contribution is -2.08. The third-order valence-electron chi connectivity index (χ3n) is 3.33. The monoisotopic (exact) mass is 265 g/mol. The summed E-state index contributed by atoms with van der Waals surface area (Å²) in [5, 5.41) is 18.6. The van der Waals surface area contributed by atoms with E-state index in [2.05, 4.69) is 16.9 Å². The van der Waals surface area contributed by atoms with Gasteiger partial charge in [0.2, 0.25) is 0 Å². The van der Waals surface area contributed by atoms with Crippen LogP contribution in [0.25, 0.3) is 16.7 Å². The summed E-state index contributed by atoms with van der Waals surface area (Å²) in [6.07, 6.45) is -0.805. The minimum atomic E-state index is -0.805. The molecule has 1 N–H and O–H groups in total. The third kappa shape index (κ3) is 2.10. The van der Waals surface area contributed by atoms with E-state index in [-0.39, 0.29) is 0 Å². The van der Waals surface area contributed by atoms with Gasteiger partial charge in [-0.05, 0) is 24.6 Å². The Morgan fingerprint density at radius 2 is 1.85 bits per heavy atom. The minimum Gasteiger partial charge on any atom is -0.382 e. The first-order valence-corrected chi connectivity index (χ1v) is 6.41. The number of aromatic nitrogens is 3. The first kappa shape index (κ1) is 12.6. The van der Waals surface area contributed by atoms with E-state index in [0.717, 1.165) is 22.2 Å². The first-order chi connectivity index (χ1) is 9.66. The van der Waals surface area contributed by atoms with Gasteiger partial charge in [-0.2, -0.15) is 0 Å². The number of rotatable bonds is 3. The lowest BCUT2D eigenvalue weighted by molar-refractivity contribution is 0.231. The second kappa shape index (κ2) is 4.90. The molecule has 0 fully saturated rings. The summed E-state index contributed by atoms with van der Waals surface area (Å²) in [5.74, 6) is 0. The van der Waals surface area contributed by atoms with E-state index in [1.165, 1.54) is 0 Å². The summed E-state index contributed by atoms with van der Waals surface area (Å²) >= 11 is 0. The van der Waals surface area contributed by atoms with Crippen LogP contribution in [0.3, 0.4) is 0 Å². The largest absolute Gasteiger partial charge is 0.382 e. The van der Waals surface area contributed by atoms with Crippen molar-refractivity contribution in [2.24, 2.45) is 0 Å². The molecule has 0 saturated heterocycles. The number of hydrogen-bond donors (Lipinski definition) is 1. The third-order valence-corrected chi connectivity index (χ3v) is 3.33. The molecule has 3 rings (SSSR count). The number of fused-ring (bicyclic) bond motifs is 1. The van der Waals surface area contributed by atoms with Crippen LogP contribution < -0.4 is 0 Å². The second-order valence-corrected chi connectivity index (χ2v) is 4.79. The summed E-state index contributed by atoms with van der Waals surface area (Å²) in [6, 6.07) is 15.3. The quantitative estimate of drug-likeness (QED) is 0.792. The van der Waals surface area contributed by atoms with Gasteiger partial charge in [-0.3, -0.25) is 0 Å². The summed E-state index contributed by atoms with van der Waals surface area (Å²) in [5.41, 5.74) is 4.05. The van der Waals surface area contributed by atoms with Crippen LogP contribution in [0.15, 0.2) is 55.1 Å². The van der Waals surface area contributed by atoms with Crippen LogP contribution in [0.5, 0.6) is 0 Å². The molecule has 0 saturated carbocycles. The molecule has 1 atom stereocenters. The first-order valence-electron chi connectivity index (χ1n) is 6.41. The summed E-state index contributed by atoms with van der Waals surface area (Å²) in [7, 11) is 0. The Kier molecular flexibility index (Phi) is 3.08. The molecule has 1 aromatic heterocycles. The van der Waals surface area contributed by atoms with Crippen LogP contribution in [0.1, 0.15) is 17.2 Å². The van der Waals surface area contributed by atoms with Crippen LogP contribution in [0.4, 0.5) is 0 Å². The zero-order valence-corrected chi connectivity index (χ0v) is 11.2. The van der Waals surface area contributed by atoms with Crippen LogP contribution in [0, 0.1) is 6.92 Å². The molecule has 0 aliphatic carbocycles. The zero-order valence-electron chi connectivity index (χ0n) is 11.2. The number of nitrogens with zero attached hydrogens (tertiary/aromatic N) is 3. The molecular formula is C16H15N3O. The molecule has 1 heterocycles. The number of aliphatic hydroxyl groups is 1. The summed E-state index contributed by atoms with van der Waals surface area (Å²) < 4.78 is 1.58. The number of benzene rings is 2. The minimum absolute atomic E-state index is 0.488. The fraction of sp³-hybridized carbons (Fsp3) is 0.125. The Balaban J connectivity index is 1.97. The molecule has 3 aromatic rings. The second-order valence-electron chi connectivity index (χ2n) is 4.79. The molecule has 4 heteroatoms. The predicted molar refractivity (Wildman–Crippen MR) is 79.0 cm³/mol. The number of aliphatic hydroxyl groups excluding tert-OH is 1. The molecule has 0 amide bonds. The Bertz CT molecular complexity index is 759. The predicted octanol–water partition coefficient (Wildman–Crippen LogP) is 2.94. The molecule has 0 radical (unpaired) electrons. The maximum absolute atomic E-state index is 10.4. The molecule has 1 unspecified atom stereocenters. The van der Waals surface area contributed by atoms with E-state index in [4.69, 9.17) is 0 Å². The fourth-order valence-corrected chi connectivity index (χ4v) is 2.14. The van der Waals surface area contributed by atoms with Crippen molar-refractivity contribution in [3.05, 3.63) is 66.2 Å². The van der Waals surface area contributed by atoms with E-state index < -0.39 is 6.10 Å². The number of para-hydroxylation sites is 1. The van der Waals surface area contributed by atoms with Gasteiger partial charge in [0.15, 0.2) is 0 Å². The van der Waals surface area contributed by atoms with Gasteiger partial charge in [0.25, 0.3) is 0 Å². The molecule has 0 aliphatic rings. The highest BCUT2D eigenvalue weighted by Gasteiger charge is 2.16. The summed E-state index contributed by atoms with van der Waals surface area (Å²) in [4.78, 5) is 0. The zero-order chi connectivity index (χ0) is 14.1. The maximum Gasteiger partial charge on any atom is 0.120 e. The van der Waals surface area contributed by atoms with Crippen molar-refractivity contribution in [2.75, 3.05) is 0 Å². The molecule has 0 bridgehead atoms. The van der Waals surface area contributed by atoms with Crippen LogP contribution in [-0.4, -0.2) is 20.1 Å². The standard InChI is InChI=1S/C16H15N3O/c1-11-7-9-13(10-8-11)16(20)12(2)19-15-6-4-3-5-14(15)17-18-19/h3-10,16,20H,2H2,1H3. The number of aryl methyl sites for hydroxylation is 1. The van der Waals surface area contributed by atoms with Crippen molar-refractivity contribution in [2.45, 2.75) is 13.0 Å². The van der Waals surface area contributed by atoms with Gasteiger partial charge < -0.3 is 5.11 Å². The van der Waals surface area contributed by atoms with Crippen molar-refractivity contribution in [3.8, 4) is 0 Å². The fourth-order valence-electron chi connectivity index (χ4n) is 2.14. The molecule has 0 spiro atoms. The van der Waals surface area contributed by atoms with Crippen molar-refractivity contribution in [1.29, 1.82) is 0 Å². The topological polar surface area (TPSA) is 50.9 Å². The van der Waals surface area contributed by atoms with Crippen molar-refractivity contribution >= 4 is 16.7 Å². The van der Waals surface area contributed by atoms with Crippen LogP contribution in [-0.2, 0) is 0 Å². The Labute approximate surface area is 117 Å². The molecular weight excluding hydrogens is 250 g/mol. The van der Waals surface area contributed by atoms with Crippen LogP contribution >= 0.6 is 0 Å². The van der Waals surface area contributed by atoms with Crippen molar-refractivity contribution in [3.63, 3.8) is 0 Å². The molecule has 100 valence electrons. The molecule has 0 aliphatic heterocycles. The molecule has 4 nitrogen and oxygen atoms in total. The van der Waals surface area contributed by atoms with Gasteiger partial charge in [-0.1, -0.05) is 53.8 Å². The highest BCUT2D eigenvalue weighted by atomic mass is 16.3. The molecule has 20 heavy (non-hydrogen) atoms. The van der Waals surface area contributed by atoms with Crippen LogP contribution in [0.2, 0.25) is 0 Å². The van der Waals surface area contributed by atoms with Crippen molar-refractivity contribution in [1.82, 2.24) is 15.0 Å². The number of hydrogen-bond acceptors (Lipinski definition) is 3. The smallest absolute Gasteiger partial charge is 0.120 e. The SMILES string of the molecule is C=C(C(O)c1ccc(C)cc1)n1nnc2ccccc21. The average molecular weight is 265 g/mol. The van der Waals surface area contributed by atoms with E-state index >= 15 is 0 Å². The van der Waals surface area contributed by atoms with E-state index in [0.29, 0.717) is 5.70 Å². The Hall–Kier alpha value is -2.46. The lowest BCUT2D eigenvalue weighted by Gasteiger charge is -2.14. The highest BCUT2D eigenvalue weighted by Crippen LogP contribution is 2.26. The van der Waals surface area contributed by atoms with Crippen molar-refractivity contribution < 1.29 is 5.11 Å². The van der Waals surface area contributed by atoms with E-state index in [1.807, 2.05) is 55.5 Å². The molecule has 2 aromatic carbocycles. The van der Waals surface area contributed by atoms with E-state index in [9.17, 15) is 5.11 Å². The summed E-state index contributed by atoms with van der Waals surface area (Å²) in [6.45, 7) is 5.97. The van der Waals surface area contributed by atoms with Gasteiger partial charge in [-0.25, -0.2) is 4.68 Å². The highest BCUT2D eigenvalue weighted by molar-refractivity contribution is 5.77. The van der Waals surface area contributed by atoms with Gasteiger partial charge in [0.1, 0.15) is 11.6 Å². The normalized spacial score (nSPS) is 12.5. The maximum atomic E-state index is 10.4. The van der Waals surface area contributed by atoms with Gasteiger partial charge in [-0.15, -0.1) is 5.10 Å². The van der Waals surface area contributed by atoms with E-state index in [1.54, 1.807) is 4.68 Å². The Morgan fingerprint density at radius 1 is 1.15 bits per heavy atom. The Morgan fingerprint density at radius 3 is 2.60 bits per heavy atom. The van der Waals surface area contributed by atoms with Gasteiger partial charge in [0.05, 0.1) is 11.2 Å².